The standard InChI is InChI=1S/C19H21NO4S/c1-4-25(23)16-11-6-5-10-15(16)19(22)24-12-17(21)20-18-13(2)8-7-9-14(18)3/h5-11H,4,12H2,1-3H3,(H,20,21)/t25-/m1/s1. The van der Waals surface area contributed by atoms with Crippen molar-refractivity contribution in [2.45, 2.75) is 25.7 Å². The molecule has 0 aromatic heterocycles. The summed E-state index contributed by atoms with van der Waals surface area (Å²) >= 11 is 0. The maximum Gasteiger partial charge on any atom is 0.339 e. The van der Waals surface area contributed by atoms with Crippen molar-refractivity contribution >= 4 is 28.4 Å². The minimum atomic E-state index is -1.28. The molecule has 0 saturated heterocycles. The van der Waals surface area contributed by atoms with Crippen molar-refractivity contribution in [1.29, 1.82) is 0 Å². The average Bonchev–Trinajstić information content (AvgIpc) is 2.62. The molecule has 2 rings (SSSR count). The van der Waals surface area contributed by atoms with Gasteiger partial charge in [0.1, 0.15) is 0 Å². The molecule has 0 heterocycles. The molecule has 25 heavy (non-hydrogen) atoms. The van der Waals surface area contributed by atoms with Gasteiger partial charge in [-0.3, -0.25) is 9.00 Å². The van der Waals surface area contributed by atoms with Crippen LogP contribution in [0, 0.1) is 13.8 Å². The van der Waals surface area contributed by atoms with Crippen LogP contribution < -0.4 is 5.32 Å². The summed E-state index contributed by atoms with van der Waals surface area (Å²) < 4.78 is 17.1. The van der Waals surface area contributed by atoms with Gasteiger partial charge in [0.2, 0.25) is 0 Å². The Labute approximate surface area is 149 Å². The minimum absolute atomic E-state index is 0.225. The van der Waals surface area contributed by atoms with Gasteiger partial charge in [-0.2, -0.15) is 0 Å². The number of ether oxygens (including phenoxy) is 1. The number of rotatable bonds is 6. The first-order chi connectivity index (χ1) is 11.9. The third-order valence-corrected chi connectivity index (χ3v) is 5.07. The van der Waals surface area contributed by atoms with E-state index >= 15 is 0 Å². The molecule has 0 bridgehead atoms. The fourth-order valence-electron chi connectivity index (χ4n) is 2.39. The number of carbonyl (C=O) groups is 2. The molecule has 2 aromatic carbocycles. The van der Waals surface area contributed by atoms with Gasteiger partial charge in [-0.1, -0.05) is 37.3 Å². The van der Waals surface area contributed by atoms with E-state index in [0.717, 1.165) is 16.8 Å². The highest BCUT2D eigenvalue weighted by molar-refractivity contribution is 7.85. The van der Waals surface area contributed by atoms with Crippen LogP contribution in [0.2, 0.25) is 0 Å². The number of amides is 1. The van der Waals surface area contributed by atoms with E-state index < -0.39 is 29.3 Å². The van der Waals surface area contributed by atoms with E-state index in [9.17, 15) is 13.8 Å². The van der Waals surface area contributed by atoms with Crippen LogP contribution in [0.3, 0.4) is 0 Å². The first-order valence-electron chi connectivity index (χ1n) is 7.94. The summed E-state index contributed by atoms with van der Waals surface area (Å²) in [5.74, 6) is -0.675. The maximum absolute atomic E-state index is 12.2. The molecular weight excluding hydrogens is 338 g/mol. The lowest BCUT2D eigenvalue weighted by atomic mass is 10.1. The molecule has 0 spiro atoms. The van der Waals surface area contributed by atoms with Gasteiger partial charge in [0.15, 0.2) is 6.61 Å². The number of anilines is 1. The molecule has 0 fully saturated rings. The molecule has 6 heteroatoms. The lowest BCUT2D eigenvalue weighted by Gasteiger charge is -2.12. The molecule has 2 aromatic rings. The summed E-state index contributed by atoms with van der Waals surface area (Å²) in [6, 6.07) is 12.3. The fourth-order valence-corrected chi connectivity index (χ4v) is 3.32. The zero-order chi connectivity index (χ0) is 18.4. The third-order valence-electron chi connectivity index (χ3n) is 3.69. The van der Waals surface area contributed by atoms with Crippen LogP contribution in [0.5, 0.6) is 0 Å². The van der Waals surface area contributed by atoms with Crippen LogP contribution in [0.15, 0.2) is 47.4 Å². The number of esters is 1. The molecule has 0 unspecified atom stereocenters. The normalized spacial score (nSPS) is 11.6. The monoisotopic (exact) mass is 359 g/mol. The smallest absolute Gasteiger partial charge is 0.339 e. The second-order valence-corrected chi connectivity index (χ2v) is 7.23. The zero-order valence-corrected chi connectivity index (χ0v) is 15.3. The second-order valence-electron chi connectivity index (χ2n) is 5.52. The van der Waals surface area contributed by atoms with Gasteiger partial charge in [0.05, 0.1) is 21.3 Å². The average molecular weight is 359 g/mol. The largest absolute Gasteiger partial charge is 0.452 e. The highest BCUT2D eigenvalue weighted by Gasteiger charge is 2.17. The van der Waals surface area contributed by atoms with E-state index in [0.29, 0.717) is 10.6 Å². The summed E-state index contributed by atoms with van der Waals surface area (Å²) in [5, 5.41) is 2.76. The molecule has 0 aliphatic rings. The Morgan fingerprint density at radius 2 is 1.68 bits per heavy atom. The van der Waals surface area contributed by atoms with Crippen molar-refractivity contribution in [2.75, 3.05) is 17.7 Å². The summed E-state index contributed by atoms with van der Waals surface area (Å²) in [7, 11) is -1.28. The number of benzene rings is 2. The highest BCUT2D eigenvalue weighted by atomic mass is 32.2. The van der Waals surface area contributed by atoms with Gasteiger partial charge in [-0.15, -0.1) is 0 Å². The minimum Gasteiger partial charge on any atom is -0.452 e. The van der Waals surface area contributed by atoms with E-state index in [1.807, 2.05) is 32.0 Å². The molecule has 0 radical (unpaired) electrons. The van der Waals surface area contributed by atoms with Gasteiger partial charge in [-0.25, -0.2) is 4.79 Å². The first kappa shape index (κ1) is 18.9. The lowest BCUT2D eigenvalue weighted by Crippen LogP contribution is -2.22. The van der Waals surface area contributed by atoms with Crippen LogP contribution >= 0.6 is 0 Å². The molecule has 0 aliphatic heterocycles. The summed E-state index contributed by atoms with van der Waals surface area (Å²) in [6.45, 7) is 5.16. The predicted molar refractivity (Wildman–Crippen MR) is 98.2 cm³/mol. The van der Waals surface area contributed by atoms with Crippen LogP contribution in [0.4, 0.5) is 5.69 Å². The Morgan fingerprint density at radius 1 is 1.04 bits per heavy atom. The topological polar surface area (TPSA) is 72.5 Å². The van der Waals surface area contributed by atoms with E-state index in [1.54, 1.807) is 31.2 Å². The van der Waals surface area contributed by atoms with Crippen LogP contribution in [-0.2, 0) is 20.3 Å². The zero-order valence-electron chi connectivity index (χ0n) is 14.5. The third kappa shape index (κ3) is 4.76. The van der Waals surface area contributed by atoms with Crippen LogP contribution in [-0.4, -0.2) is 28.4 Å². The second kappa shape index (κ2) is 8.58. The van der Waals surface area contributed by atoms with Crippen molar-refractivity contribution < 1.29 is 18.5 Å². The van der Waals surface area contributed by atoms with Crippen molar-refractivity contribution in [3.8, 4) is 0 Å². The predicted octanol–water partition coefficient (Wildman–Crippen LogP) is 3.23. The molecular formula is C19H21NO4S. The number of hydrogen-bond donors (Lipinski definition) is 1. The molecule has 132 valence electrons. The van der Waals surface area contributed by atoms with E-state index in [4.69, 9.17) is 4.74 Å². The molecule has 0 saturated carbocycles. The Morgan fingerprint density at radius 3 is 2.32 bits per heavy atom. The Bertz CT molecular complexity index is 797. The summed E-state index contributed by atoms with van der Waals surface area (Å²) in [4.78, 5) is 24.7. The van der Waals surface area contributed by atoms with E-state index in [1.165, 1.54) is 0 Å². The first-order valence-corrected chi connectivity index (χ1v) is 9.26. The molecule has 1 atom stereocenters. The van der Waals surface area contributed by atoms with Crippen LogP contribution in [0.1, 0.15) is 28.4 Å². The summed E-state index contributed by atoms with van der Waals surface area (Å²) in [6.07, 6.45) is 0. The van der Waals surface area contributed by atoms with Crippen LogP contribution in [0.25, 0.3) is 0 Å². The molecule has 0 aliphatic carbocycles. The SMILES string of the molecule is CC[S@@](=O)c1ccccc1C(=O)OCC(=O)Nc1c(C)cccc1C. The van der Waals surface area contributed by atoms with Crippen molar-refractivity contribution in [3.63, 3.8) is 0 Å². The Hall–Kier alpha value is -2.47. The molecule has 1 N–H and O–H groups in total. The molecule has 1 amide bonds. The van der Waals surface area contributed by atoms with Gasteiger partial charge in [0.25, 0.3) is 5.91 Å². The van der Waals surface area contributed by atoms with E-state index in [2.05, 4.69) is 5.32 Å². The Balaban J connectivity index is 2.03. The fraction of sp³-hybridized carbons (Fsp3) is 0.263. The van der Waals surface area contributed by atoms with Gasteiger partial charge in [-0.05, 0) is 37.1 Å². The molecule has 5 nitrogen and oxygen atoms in total. The van der Waals surface area contributed by atoms with Gasteiger partial charge in [0, 0.05) is 11.4 Å². The number of carbonyl (C=O) groups excluding carboxylic acids is 2. The van der Waals surface area contributed by atoms with Crippen molar-refractivity contribution in [1.82, 2.24) is 0 Å². The maximum atomic E-state index is 12.2. The quantitative estimate of drug-likeness (QED) is 0.804. The van der Waals surface area contributed by atoms with Gasteiger partial charge >= 0.3 is 5.97 Å². The summed E-state index contributed by atoms with van der Waals surface area (Å²) in [5.41, 5.74) is 2.81. The lowest BCUT2D eigenvalue weighted by molar-refractivity contribution is -0.119. The number of aryl methyl sites for hydroxylation is 2. The van der Waals surface area contributed by atoms with Gasteiger partial charge < -0.3 is 10.1 Å². The van der Waals surface area contributed by atoms with Crippen molar-refractivity contribution in [2.24, 2.45) is 0 Å². The number of hydrogen-bond acceptors (Lipinski definition) is 4. The highest BCUT2D eigenvalue weighted by Crippen LogP contribution is 2.19. The van der Waals surface area contributed by atoms with Crippen molar-refractivity contribution in [3.05, 3.63) is 59.2 Å². The van der Waals surface area contributed by atoms with E-state index in [-0.39, 0.29) is 5.56 Å². The number of para-hydroxylation sites is 1. The Kier molecular flexibility index (Phi) is 6.47. The number of nitrogens with one attached hydrogen (secondary N) is 1.